The van der Waals surface area contributed by atoms with Gasteiger partial charge >= 0.3 is 0 Å². The molecule has 1 saturated heterocycles. The summed E-state index contributed by atoms with van der Waals surface area (Å²) in [6, 6.07) is 5.28. The zero-order valence-corrected chi connectivity index (χ0v) is 13.6. The Balaban J connectivity index is 1.39. The van der Waals surface area contributed by atoms with Crippen LogP contribution in [0.2, 0.25) is 0 Å². The molecule has 3 rings (SSSR count). The van der Waals surface area contributed by atoms with Gasteiger partial charge in [0.05, 0.1) is 0 Å². The van der Waals surface area contributed by atoms with E-state index < -0.39 is 5.82 Å². The molecule has 1 fully saturated rings. The molecule has 0 spiro atoms. The Morgan fingerprint density at radius 1 is 1.16 bits per heavy atom. The Morgan fingerprint density at radius 3 is 2.52 bits per heavy atom. The number of hydrogen-bond donors (Lipinski definition) is 2. The van der Waals surface area contributed by atoms with Gasteiger partial charge in [0.2, 0.25) is 11.9 Å². The molecular weight excluding hydrogens is 327 g/mol. The first-order valence-electron chi connectivity index (χ1n) is 8.05. The zero-order chi connectivity index (χ0) is 17.6. The van der Waals surface area contributed by atoms with Gasteiger partial charge in [-0.3, -0.25) is 9.59 Å². The monoisotopic (exact) mass is 346 g/mol. The number of halogens is 1. The van der Waals surface area contributed by atoms with Crippen molar-refractivity contribution >= 4 is 17.8 Å². The van der Waals surface area contributed by atoms with Gasteiger partial charge in [0, 0.05) is 44.7 Å². The maximum Gasteiger partial charge on any atom is 0.251 e. The smallest absolute Gasteiger partial charge is 0.251 e. The number of hydrogen-bond acceptors (Lipinski definition) is 5. The van der Waals surface area contributed by atoms with E-state index in [0.29, 0.717) is 37.7 Å². The predicted octanol–water partition coefficient (Wildman–Crippen LogP) is 0.413. The molecule has 9 heteroatoms. The average Bonchev–Trinajstić information content (AvgIpc) is 3.17. The van der Waals surface area contributed by atoms with E-state index in [9.17, 15) is 14.0 Å². The fourth-order valence-electron chi connectivity index (χ4n) is 2.66. The summed E-state index contributed by atoms with van der Waals surface area (Å²) >= 11 is 0. The first kappa shape index (κ1) is 16.9. The fourth-order valence-corrected chi connectivity index (χ4v) is 2.66. The van der Waals surface area contributed by atoms with Gasteiger partial charge in [0.25, 0.3) is 5.91 Å². The predicted molar refractivity (Wildman–Crippen MR) is 88.5 cm³/mol. The molecular formula is C16H19FN6O2. The largest absolute Gasteiger partial charge is 0.352 e. The number of benzene rings is 1. The van der Waals surface area contributed by atoms with E-state index in [1.54, 1.807) is 4.90 Å². The molecule has 132 valence electrons. The molecule has 1 aliphatic rings. The quantitative estimate of drug-likeness (QED) is 0.818. The summed E-state index contributed by atoms with van der Waals surface area (Å²) in [6.07, 6.45) is 1.69. The molecule has 2 heterocycles. The van der Waals surface area contributed by atoms with E-state index in [1.807, 2.05) is 4.90 Å². The van der Waals surface area contributed by atoms with Crippen molar-refractivity contribution in [3.8, 4) is 0 Å². The van der Waals surface area contributed by atoms with Crippen LogP contribution in [0.15, 0.2) is 30.6 Å². The minimum atomic E-state index is -0.392. The lowest BCUT2D eigenvalue weighted by atomic mass is 10.2. The van der Waals surface area contributed by atoms with Crippen molar-refractivity contribution in [3.05, 3.63) is 42.0 Å². The third-order valence-electron chi connectivity index (χ3n) is 4.07. The Morgan fingerprint density at radius 2 is 1.88 bits per heavy atom. The van der Waals surface area contributed by atoms with Crippen LogP contribution in [0.25, 0.3) is 0 Å². The average molecular weight is 346 g/mol. The van der Waals surface area contributed by atoms with Crippen molar-refractivity contribution in [2.45, 2.75) is 6.42 Å². The molecule has 0 atom stereocenters. The SMILES string of the molecule is O=C(NCCC(=O)N1CCN(c2ncn[nH]2)CC1)c1ccc(F)cc1. The van der Waals surface area contributed by atoms with Gasteiger partial charge in [-0.25, -0.2) is 9.49 Å². The zero-order valence-electron chi connectivity index (χ0n) is 13.6. The molecule has 1 aliphatic heterocycles. The Labute approximate surface area is 144 Å². The summed E-state index contributed by atoms with van der Waals surface area (Å²) in [6.45, 7) is 2.82. The lowest BCUT2D eigenvalue weighted by Crippen LogP contribution is -2.49. The number of H-pyrrole nitrogens is 1. The molecule has 1 aromatic heterocycles. The van der Waals surface area contributed by atoms with Crippen LogP contribution in [0.1, 0.15) is 16.8 Å². The number of aromatic nitrogens is 3. The number of amides is 2. The van der Waals surface area contributed by atoms with Gasteiger partial charge < -0.3 is 15.1 Å². The van der Waals surface area contributed by atoms with E-state index in [-0.39, 0.29) is 24.8 Å². The highest BCUT2D eigenvalue weighted by Crippen LogP contribution is 2.10. The minimum absolute atomic E-state index is 0.00312. The molecule has 2 aromatic rings. The number of rotatable bonds is 5. The summed E-state index contributed by atoms with van der Waals surface area (Å²) in [5.74, 6) is -0.00516. The number of nitrogens with one attached hydrogen (secondary N) is 2. The van der Waals surface area contributed by atoms with E-state index >= 15 is 0 Å². The summed E-state index contributed by atoms with van der Waals surface area (Å²) < 4.78 is 12.8. The molecule has 8 nitrogen and oxygen atoms in total. The van der Waals surface area contributed by atoms with Crippen LogP contribution in [0.5, 0.6) is 0 Å². The summed E-state index contributed by atoms with van der Waals surface area (Å²) in [5, 5.41) is 9.30. The van der Waals surface area contributed by atoms with Crippen LogP contribution in [0.4, 0.5) is 10.3 Å². The lowest BCUT2D eigenvalue weighted by molar-refractivity contribution is -0.131. The second-order valence-corrected chi connectivity index (χ2v) is 5.69. The molecule has 2 N–H and O–H groups in total. The van der Waals surface area contributed by atoms with Gasteiger partial charge in [0.15, 0.2) is 0 Å². The molecule has 0 unspecified atom stereocenters. The van der Waals surface area contributed by atoms with Gasteiger partial charge in [-0.05, 0) is 24.3 Å². The van der Waals surface area contributed by atoms with Crippen molar-refractivity contribution in [3.63, 3.8) is 0 Å². The van der Waals surface area contributed by atoms with Crippen LogP contribution in [-0.4, -0.2) is 64.6 Å². The van der Waals surface area contributed by atoms with Gasteiger partial charge in [-0.2, -0.15) is 10.1 Å². The molecule has 1 aromatic carbocycles. The van der Waals surface area contributed by atoms with Crippen molar-refractivity contribution in [2.75, 3.05) is 37.6 Å². The minimum Gasteiger partial charge on any atom is -0.352 e. The van der Waals surface area contributed by atoms with Crippen LogP contribution >= 0.6 is 0 Å². The third kappa shape index (κ3) is 4.31. The van der Waals surface area contributed by atoms with E-state index in [2.05, 4.69) is 20.5 Å². The van der Waals surface area contributed by atoms with Crippen molar-refractivity contribution < 1.29 is 14.0 Å². The molecule has 25 heavy (non-hydrogen) atoms. The highest BCUT2D eigenvalue weighted by molar-refractivity contribution is 5.94. The summed E-state index contributed by atoms with van der Waals surface area (Å²) in [4.78, 5) is 32.0. The molecule has 0 saturated carbocycles. The second-order valence-electron chi connectivity index (χ2n) is 5.69. The standard InChI is InChI=1S/C16H19FN6O2/c17-13-3-1-12(2-4-13)15(25)18-6-5-14(24)22-7-9-23(10-8-22)16-19-11-20-21-16/h1-4,11H,5-10H2,(H,18,25)(H,19,20,21). The number of anilines is 1. The number of carbonyl (C=O) groups excluding carboxylic acids is 2. The van der Waals surface area contributed by atoms with Gasteiger partial charge in [-0.1, -0.05) is 0 Å². The van der Waals surface area contributed by atoms with E-state index in [0.717, 1.165) is 0 Å². The topological polar surface area (TPSA) is 94.2 Å². The molecule has 2 amide bonds. The Kier molecular flexibility index (Phi) is 5.22. The van der Waals surface area contributed by atoms with Crippen LogP contribution < -0.4 is 10.2 Å². The van der Waals surface area contributed by atoms with Gasteiger partial charge in [0.1, 0.15) is 12.1 Å². The highest BCUT2D eigenvalue weighted by Gasteiger charge is 2.22. The lowest BCUT2D eigenvalue weighted by Gasteiger charge is -2.34. The van der Waals surface area contributed by atoms with Gasteiger partial charge in [-0.15, -0.1) is 0 Å². The Bertz CT molecular complexity index is 711. The van der Waals surface area contributed by atoms with Crippen molar-refractivity contribution in [1.82, 2.24) is 25.4 Å². The van der Waals surface area contributed by atoms with Crippen molar-refractivity contribution in [1.29, 1.82) is 0 Å². The van der Waals surface area contributed by atoms with E-state index in [4.69, 9.17) is 0 Å². The first-order valence-corrected chi connectivity index (χ1v) is 8.05. The number of piperazine rings is 1. The number of aromatic amines is 1. The second kappa shape index (κ2) is 7.73. The van der Waals surface area contributed by atoms with E-state index in [1.165, 1.54) is 30.6 Å². The van der Waals surface area contributed by atoms with Crippen LogP contribution in [0.3, 0.4) is 0 Å². The maximum absolute atomic E-state index is 12.8. The molecule has 0 bridgehead atoms. The third-order valence-corrected chi connectivity index (χ3v) is 4.07. The molecule has 0 aliphatic carbocycles. The number of carbonyl (C=O) groups is 2. The highest BCUT2D eigenvalue weighted by atomic mass is 19.1. The summed E-state index contributed by atoms with van der Waals surface area (Å²) in [7, 11) is 0. The first-order chi connectivity index (χ1) is 12.1. The van der Waals surface area contributed by atoms with Crippen molar-refractivity contribution in [2.24, 2.45) is 0 Å². The van der Waals surface area contributed by atoms with Crippen LogP contribution in [0, 0.1) is 5.82 Å². The van der Waals surface area contributed by atoms with Crippen LogP contribution in [-0.2, 0) is 4.79 Å². The summed E-state index contributed by atoms with van der Waals surface area (Å²) in [5.41, 5.74) is 0.370. The number of nitrogens with zero attached hydrogens (tertiary/aromatic N) is 4. The Hall–Kier alpha value is -2.97. The fraction of sp³-hybridized carbons (Fsp3) is 0.375. The molecule has 0 radical (unpaired) electrons. The normalized spacial score (nSPS) is 14.4. The maximum atomic E-state index is 12.8.